The van der Waals surface area contributed by atoms with Crippen LogP contribution < -0.4 is 10.1 Å². The lowest BCUT2D eigenvalue weighted by Gasteiger charge is -2.20. The molecule has 39 heavy (non-hydrogen) atoms. The molecular weight excluding hydrogens is 484 g/mol. The van der Waals surface area contributed by atoms with Crippen molar-refractivity contribution in [1.82, 2.24) is 4.90 Å². The number of fused-ring (bicyclic) bond motifs is 1. The molecule has 3 aromatic rings. The van der Waals surface area contributed by atoms with Crippen molar-refractivity contribution in [2.75, 3.05) is 31.6 Å². The third kappa shape index (κ3) is 7.57. The van der Waals surface area contributed by atoms with Gasteiger partial charge in [0.2, 0.25) is 0 Å². The Kier molecular flexibility index (Phi) is 9.10. The van der Waals surface area contributed by atoms with Crippen LogP contribution in [0.5, 0.6) is 17.2 Å². The fourth-order valence-corrected chi connectivity index (χ4v) is 5.87. The molecule has 1 fully saturated rings. The summed E-state index contributed by atoms with van der Waals surface area (Å²) in [7, 11) is 0. The van der Waals surface area contributed by atoms with Gasteiger partial charge in [0, 0.05) is 29.9 Å². The number of likely N-dealkylation sites (tertiary alicyclic amines) is 1. The smallest absolute Gasteiger partial charge is 0.119 e. The van der Waals surface area contributed by atoms with Crippen LogP contribution in [0.4, 0.5) is 5.69 Å². The largest absolute Gasteiger partial charge is 0.508 e. The standard InChI is InChI=1S/C34H42N2O3/c1-25(21-26-9-14-32(15-10-26)39-20-19-36-17-4-2-3-5-18-36)35-34-24-31(38)13-16-33(34)29-8-6-7-27-23-30(37)12-11-28(27)22-29/h9-16,22-25,35,37-38H,2-8,17-21H2,1H3. The monoisotopic (exact) mass is 526 g/mol. The molecule has 0 amide bonds. The first-order valence-corrected chi connectivity index (χ1v) is 14.6. The second-order valence-corrected chi connectivity index (χ2v) is 11.1. The summed E-state index contributed by atoms with van der Waals surface area (Å²) in [5.74, 6) is 1.51. The van der Waals surface area contributed by atoms with E-state index in [4.69, 9.17) is 4.74 Å². The Balaban J connectivity index is 1.20. The van der Waals surface area contributed by atoms with Crippen LogP contribution in [0.15, 0.2) is 60.7 Å². The molecular formula is C34H42N2O3. The van der Waals surface area contributed by atoms with Crippen molar-refractivity contribution in [2.24, 2.45) is 0 Å². The van der Waals surface area contributed by atoms with Gasteiger partial charge in [-0.2, -0.15) is 0 Å². The number of benzene rings is 3. The zero-order chi connectivity index (χ0) is 27.0. The van der Waals surface area contributed by atoms with Crippen molar-refractivity contribution in [2.45, 2.75) is 64.3 Å². The highest BCUT2D eigenvalue weighted by atomic mass is 16.5. The molecule has 3 aromatic carbocycles. The van der Waals surface area contributed by atoms with Crippen molar-refractivity contribution in [3.05, 3.63) is 82.9 Å². The van der Waals surface area contributed by atoms with Gasteiger partial charge in [0.15, 0.2) is 0 Å². The molecule has 1 aliphatic carbocycles. The topological polar surface area (TPSA) is 65.0 Å². The molecule has 5 rings (SSSR count). The second kappa shape index (κ2) is 13.1. The van der Waals surface area contributed by atoms with E-state index in [0.717, 1.165) is 61.4 Å². The molecule has 0 saturated carbocycles. The zero-order valence-electron chi connectivity index (χ0n) is 23.2. The molecule has 3 N–H and O–H groups in total. The van der Waals surface area contributed by atoms with Crippen LogP contribution in [-0.2, 0) is 12.8 Å². The maximum absolute atomic E-state index is 10.3. The summed E-state index contributed by atoms with van der Waals surface area (Å²) < 4.78 is 6.04. The second-order valence-electron chi connectivity index (χ2n) is 11.1. The first-order valence-electron chi connectivity index (χ1n) is 14.6. The number of hydrogen-bond acceptors (Lipinski definition) is 5. The molecule has 1 atom stereocenters. The molecule has 0 aromatic heterocycles. The predicted molar refractivity (Wildman–Crippen MR) is 161 cm³/mol. The molecule has 1 saturated heterocycles. The lowest BCUT2D eigenvalue weighted by Crippen LogP contribution is -2.29. The minimum atomic E-state index is 0.177. The van der Waals surface area contributed by atoms with Gasteiger partial charge >= 0.3 is 0 Å². The molecule has 0 radical (unpaired) electrons. The average Bonchev–Trinajstić information content (AvgIpc) is 3.30. The Bertz CT molecular complexity index is 1260. The summed E-state index contributed by atoms with van der Waals surface area (Å²) in [6, 6.07) is 19.9. The molecule has 5 nitrogen and oxygen atoms in total. The molecule has 206 valence electrons. The summed E-state index contributed by atoms with van der Waals surface area (Å²) in [6.07, 6.45) is 11.3. The van der Waals surface area contributed by atoms with Gasteiger partial charge in [0.1, 0.15) is 23.9 Å². The van der Waals surface area contributed by atoms with E-state index in [2.05, 4.69) is 47.5 Å². The number of ether oxygens (including phenoxy) is 1. The molecule has 2 aliphatic rings. The number of hydrogen-bond donors (Lipinski definition) is 3. The SMILES string of the molecule is CC(Cc1ccc(OCCN2CCCCCC2)cc1)Nc1cc(O)ccc1C1=Cc2ccc(O)cc2CCC1. The van der Waals surface area contributed by atoms with E-state index in [1.807, 2.05) is 24.3 Å². The number of nitrogens with one attached hydrogen (secondary N) is 1. The van der Waals surface area contributed by atoms with E-state index in [1.165, 1.54) is 55.5 Å². The van der Waals surface area contributed by atoms with Crippen molar-refractivity contribution in [3.8, 4) is 17.2 Å². The molecule has 1 unspecified atom stereocenters. The van der Waals surface area contributed by atoms with Gasteiger partial charge < -0.3 is 20.3 Å². The number of phenolic OH excluding ortho intramolecular Hbond substituents is 2. The molecule has 1 aliphatic heterocycles. The summed E-state index contributed by atoms with van der Waals surface area (Å²) in [4.78, 5) is 2.53. The fraction of sp³-hybridized carbons (Fsp3) is 0.412. The van der Waals surface area contributed by atoms with Crippen LogP contribution >= 0.6 is 0 Å². The van der Waals surface area contributed by atoms with Gasteiger partial charge in [-0.3, -0.25) is 4.90 Å². The number of aromatic hydroxyl groups is 2. The van der Waals surface area contributed by atoms with Crippen LogP contribution in [0, 0.1) is 0 Å². The van der Waals surface area contributed by atoms with Crippen molar-refractivity contribution in [1.29, 1.82) is 0 Å². The van der Waals surface area contributed by atoms with E-state index in [1.54, 1.807) is 12.1 Å². The predicted octanol–water partition coefficient (Wildman–Crippen LogP) is 7.27. The van der Waals surface area contributed by atoms with Crippen LogP contribution in [0.1, 0.15) is 67.7 Å². The summed E-state index contributed by atoms with van der Waals surface area (Å²) >= 11 is 0. The van der Waals surface area contributed by atoms with Gasteiger partial charge in [0.05, 0.1) is 0 Å². The Morgan fingerprint density at radius 2 is 1.59 bits per heavy atom. The Morgan fingerprint density at radius 3 is 2.38 bits per heavy atom. The van der Waals surface area contributed by atoms with Gasteiger partial charge in [-0.15, -0.1) is 0 Å². The summed E-state index contributed by atoms with van der Waals surface area (Å²) in [5.41, 5.74) is 6.90. The van der Waals surface area contributed by atoms with Crippen LogP contribution in [0.3, 0.4) is 0 Å². The van der Waals surface area contributed by atoms with E-state index in [-0.39, 0.29) is 11.8 Å². The maximum Gasteiger partial charge on any atom is 0.119 e. The number of anilines is 1. The van der Waals surface area contributed by atoms with Crippen LogP contribution in [-0.4, -0.2) is 47.4 Å². The maximum atomic E-state index is 10.3. The van der Waals surface area contributed by atoms with E-state index in [9.17, 15) is 10.2 Å². The number of rotatable bonds is 9. The molecule has 0 bridgehead atoms. The Hall–Kier alpha value is -3.44. The number of nitrogens with zero attached hydrogens (tertiary/aromatic N) is 1. The fourth-order valence-electron chi connectivity index (χ4n) is 5.87. The van der Waals surface area contributed by atoms with Crippen LogP contribution in [0.25, 0.3) is 11.6 Å². The summed E-state index contributed by atoms with van der Waals surface area (Å²) in [6.45, 7) is 6.31. The molecule has 1 heterocycles. The normalized spacial score (nSPS) is 16.9. The van der Waals surface area contributed by atoms with Crippen molar-refractivity contribution >= 4 is 17.3 Å². The highest BCUT2D eigenvalue weighted by molar-refractivity contribution is 5.88. The van der Waals surface area contributed by atoms with E-state index < -0.39 is 0 Å². The van der Waals surface area contributed by atoms with Gasteiger partial charge in [0.25, 0.3) is 0 Å². The third-order valence-corrected chi connectivity index (χ3v) is 7.94. The lowest BCUT2D eigenvalue weighted by atomic mass is 9.97. The number of allylic oxidation sites excluding steroid dienone is 1. The quantitative estimate of drug-likeness (QED) is 0.274. The van der Waals surface area contributed by atoms with E-state index >= 15 is 0 Å². The van der Waals surface area contributed by atoms with Gasteiger partial charge in [-0.05, 0) is 117 Å². The first-order chi connectivity index (χ1) is 19.0. The van der Waals surface area contributed by atoms with Crippen molar-refractivity contribution < 1.29 is 14.9 Å². The van der Waals surface area contributed by atoms with Crippen LogP contribution in [0.2, 0.25) is 0 Å². The summed E-state index contributed by atoms with van der Waals surface area (Å²) in [5, 5.41) is 23.8. The molecule has 0 spiro atoms. The van der Waals surface area contributed by atoms with Gasteiger partial charge in [-0.25, -0.2) is 0 Å². The number of phenols is 2. The highest BCUT2D eigenvalue weighted by Crippen LogP contribution is 2.36. The average molecular weight is 527 g/mol. The number of aryl methyl sites for hydroxylation is 1. The van der Waals surface area contributed by atoms with Crippen molar-refractivity contribution in [3.63, 3.8) is 0 Å². The highest BCUT2D eigenvalue weighted by Gasteiger charge is 2.16. The Morgan fingerprint density at radius 1 is 0.846 bits per heavy atom. The minimum absolute atomic E-state index is 0.177. The Labute approximate surface area is 233 Å². The third-order valence-electron chi connectivity index (χ3n) is 7.94. The lowest BCUT2D eigenvalue weighted by molar-refractivity contribution is 0.214. The zero-order valence-corrected chi connectivity index (χ0v) is 23.2. The first kappa shape index (κ1) is 27.1. The minimum Gasteiger partial charge on any atom is -0.508 e. The van der Waals surface area contributed by atoms with E-state index in [0.29, 0.717) is 5.75 Å². The van der Waals surface area contributed by atoms with Gasteiger partial charge in [-0.1, -0.05) is 37.1 Å². The molecule has 5 heteroatoms.